The van der Waals surface area contributed by atoms with Gasteiger partial charge in [-0.25, -0.2) is 0 Å². The number of furan rings is 2. The number of aryl methyl sites for hydroxylation is 1. The number of benzene rings is 14. The minimum Gasteiger partial charge on any atom is -0.454 e. The van der Waals surface area contributed by atoms with Crippen LogP contribution in [-0.4, -0.2) is 8.07 Å². The van der Waals surface area contributed by atoms with Crippen LogP contribution in [0.4, 0.5) is 34.1 Å². The van der Waals surface area contributed by atoms with E-state index < -0.39 is 13.5 Å². The van der Waals surface area contributed by atoms with Crippen LogP contribution in [0.2, 0.25) is 0 Å². The summed E-state index contributed by atoms with van der Waals surface area (Å²) in [6, 6.07) is 116. The van der Waals surface area contributed by atoms with E-state index in [2.05, 4.69) is 381 Å². The van der Waals surface area contributed by atoms with E-state index in [4.69, 9.17) is 8.83 Å². The molecule has 0 fully saturated rings. The third-order valence-electron chi connectivity index (χ3n) is 21.2. The van der Waals surface area contributed by atoms with Crippen molar-refractivity contribution < 1.29 is 8.83 Å². The summed E-state index contributed by atoms with van der Waals surface area (Å²) >= 11 is 0. The van der Waals surface area contributed by atoms with Crippen molar-refractivity contribution in [2.24, 2.45) is 0 Å². The van der Waals surface area contributed by atoms with Gasteiger partial charge >= 0.3 is 0 Å². The summed E-state index contributed by atoms with van der Waals surface area (Å²) in [5.74, 6) is 0. The Morgan fingerprint density at radius 1 is 0.313 bits per heavy atom. The summed E-state index contributed by atoms with van der Waals surface area (Å²) in [6.45, 7) is 20.7. The number of nitrogens with zero attached hydrogens (tertiary/aromatic N) is 2. The van der Waals surface area contributed by atoms with Crippen LogP contribution in [0.3, 0.4) is 0 Å². The van der Waals surface area contributed by atoms with Crippen LogP contribution in [0.5, 0.6) is 0 Å². The lowest BCUT2D eigenvalue weighted by molar-refractivity contribution is 0.590. The van der Waals surface area contributed by atoms with Gasteiger partial charge in [0, 0.05) is 49.4 Å². The Kier molecular flexibility index (Phi) is 14.6. The molecule has 0 spiro atoms. The molecule has 16 aromatic rings. The summed E-state index contributed by atoms with van der Waals surface area (Å²) in [5.41, 5.74) is 22.3. The molecule has 2 aromatic heterocycles. The lowest BCUT2D eigenvalue weighted by atomic mass is 9.81. The number of anilines is 6. The van der Waals surface area contributed by atoms with Crippen LogP contribution in [0.15, 0.2) is 318 Å². The average Bonchev–Trinajstić information content (AvgIpc) is 1.57. The summed E-state index contributed by atoms with van der Waals surface area (Å²) < 4.78 is 14.3. The fourth-order valence-electron chi connectivity index (χ4n) is 15.9. The van der Waals surface area contributed by atoms with E-state index in [1.165, 1.54) is 65.1 Å². The third kappa shape index (κ3) is 10.2. The van der Waals surface area contributed by atoms with Crippen LogP contribution in [0.1, 0.15) is 83.2 Å². The van der Waals surface area contributed by atoms with E-state index >= 15 is 0 Å². The molecule has 0 saturated heterocycles. The second kappa shape index (κ2) is 23.5. The fraction of sp³-hybridized carbons (Fsp3) is 0.128. The highest BCUT2D eigenvalue weighted by Gasteiger charge is 2.42. The maximum Gasteiger partial charge on any atom is 0.179 e. The number of para-hydroxylation sites is 2. The van der Waals surface area contributed by atoms with E-state index in [1.807, 2.05) is 0 Å². The third-order valence-corrected chi connectivity index (χ3v) is 26.0. The Bertz CT molecular complexity index is 5660. The smallest absolute Gasteiger partial charge is 0.179 e. The van der Waals surface area contributed by atoms with Crippen molar-refractivity contribution in [3.63, 3.8) is 0 Å². The van der Waals surface area contributed by atoms with Gasteiger partial charge in [0.25, 0.3) is 0 Å². The van der Waals surface area contributed by atoms with Crippen molar-refractivity contribution in [2.45, 2.75) is 78.6 Å². The van der Waals surface area contributed by atoms with Crippen molar-refractivity contribution in [2.75, 3.05) is 9.80 Å². The first kappa shape index (κ1) is 61.4. The average molecular weight is 1300 g/mol. The van der Waals surface area contributed by atoms with Crippen LogP contribution in [0, 0.1) is 6.92 Å². The molecule has 99 heavy (non-hydrogen) atoms. The zero-order chi connectivity index (χ0) is 67.5. The summed E-state index contributed by atoms with van der Waals surface area (Å²) in [6.07, 6.45) is 0. The maximum absolute atomic E-state index is 7.18. The van der Waals surface area contributed by atoms with Crippen molar-refractivity contribution in [1.29, 1.82) is 0 Å². The first-order valence-corrected chi connectivity index (χ1v) is 36.8. The molecule has 480 valence electrons. The summed E-state index contributed by atoms with van der Waals surface area (Å²) in [7, 11) is -2.80. The van der Waals surface area contributed by atoms with Crippen LogP contribution in [0.25, 0.3) is 88.0 Å². The standard InChI is InChI=1S/C94H78N2O2Si/c1-61-37-39-62(40-38-61)65-56-81-77-33-22-24-36-88(77)98-91(81)86(58-65)96(69-49-45-67(46-50-69)93(5,6)7)84-60-83-89(78-34-20-19-31-75(78)84)79-54-51-70(59-82(79)94(83,8)9)95(68-47-43-66(44-48-68)92(2,3)4)85-57-64(55-80-76-32-21-23-35-87(76)97-90(80)85)63-41-52-74(53-42-63)99(71-25-13-10-14-26-71,72-27-15-11-16-28-72)73-29-17-12-18-30-73/h10-60H,1-9H3. The molecule has 5 heteroatoms. The Labute approximate surface area is 581 Å². The van der Waals surface area contributed by atoms with Gasteiger partial charge in [0.05, 0.1) is 17.1 Å². The van der Waals surface area contributed by atoms with E-state index in [9.17, 15) is 0 Å². The largest absolute Gasteiger partial charge is 0.454 e. The molecule has 4 nitrogen and oxygen atoms in total. The highest BCUT2D eigenvalue weighted by Crippen LogP contribution is 2.57. The Balaban J connectivity index is 0.860. The lowest BCUT2D eigenvalue weighted by Gasteiger charge is -2.34. The molecule has 0 amide bonds. The minimum atomic E-state index is -2.80. The number of fused-ring (bicyclic) bond motifs is 11. The Morgan fingerprint density at radius 2 is 0.717 bits per heavy atom. The number of rotatable bonds is 12. The van der Waals surface area contributed by atoms with Gasteiger partial charge in [-0.3, -0.25) is 0 Å². The predicted molar refractivity (Wildman–Crippen MR) is 422 cm³/mol. The van der Waals surface area contributed by atoms with E-state index in [1.54, 1.807) is 0 Å². The maximum atomic E-state index is 7.18. The first-order chi connectivity index (χ1) is 48.0. The predicted octanol–water partition coefficient (Wildman–Crippen LogP) is 23.5. The molecule has 0 saturated carbocycles. The van der Waals surface area contributed by atoms with Gasteiger partial charge in [-0.15, -0.1) is 0 Å². The number of hydrogen-bond donors (Lipinski definition) is 0. The topological polar surface area (TPSA) is 32.8 Å². The van der Waals surface area contributed by atoms with Crippen molar-refractivity contribution in [1.82, 2.24) is 0 Å². The van der Waals surface area contributed by atoms with Gasteiger partial charge in [0.1, 0.15) is 11.2 Å². The van der Waals surface area contributed by atoms with Gasteiger partial charge in [-0.05, 0) is 178 Å². The molecule has 1 aliphatic rings. The zero-order valence-corrected chi connectivity index (χ0v) is 58.7. The van der Waals surface area contributed by atoms with Crippen molar-refractivity contribution in [3.8, 4) is 33.4 Å². The monoisotopic (exact) mass is 1290 g/mol. The Hall–Kier alpha value is -11.2. The van der Waals surface area contributed by atoms with Crippen molar-refractivity contribution >= 4 is 118 Å². The first-order valence-electron chi connectivity index (χ1n) is 34.8. The highest BCUT2D eigenvalue weighted by atomic mass is 28.3. The lowest BCUT2D eigenvalue weighted by Crippen LogP contribution is -2.74. The van der Waals surface area contributed by atoms with Crippen LogP contribution >= 0.6 is 0 Å². The molecular formula is C94H78N2O2Si. The molecule has 0 atom stereocenters. The molecular weight excluding hydrogens is 1220 g/mol. The normalized spacial score (nSPS) is 13.0. The van der Waals surface area contributed by atoms with E-state index in [-0.39, 0.29) is 10.8 Å². The summed E-state index contributed by atoms with van der Waals surface area (Å²) in [4.78, 5) is 4.94. The minimum absolute atomic E-state index is 0.0428. The second-order valence-corrected chi connectivity index (χ2v) is 33.5. The fourth-order valence-corrected chi connectivity index (χ4v) is 20.7. The van der Waals surface area contributed by atoms with Crippen molar-refractivity contribution in [3.05, 3.63) is 337 Å². The van der Waals surface area contributed by atoms with Gasteiger partial charge < -0.3 is 18.6 Å². The van der Waals surface area contributed by atoms with Gasteiger partial charge in [-0.2, -0.15) is 0 Å². The van der Waals surface area contributed by atoms with Gasteiger partial charge in [0.15, 0.2) is 19.2 Å². The van der Waals surface area contributed by atoms with Crippen LogP contribution in [-0.2, 0) is 16.2 Å². The molecule has 0 aliphatic heterocycles. The highest BCUT2D eigenvalue weighted by molar-refractivity contribution is 7.19. The SMILES string of the molecule is Cc1ccc(-c2cc(N(c3ccc(C(C)(C)C)cc3)c3cc4c(c5ccccc35)-c3ccc(N(c5ccc(C(C)(C)C)cc5)c5cc(-c6ccc([Si](c7ccccc7)(c7ccccc7)c7ccccc7)cc6)cc6c5oc5ccccc56)cc3C4(C)C)c3oc4ccccc4c3c2)cc1. The number of hydrogen-bond acceptors (Lipinski definition) is 4. The molecule has 1 aliphatic carbocycles. The van der Waals surface area contributed by atoms with Gasteiger partial charge in [0.2, 0.25) is 0 Å². The molecule has 0 N–H and O–H groups in total. The quantitative estimate of drug-likeness (QED) is 0.0901. The summed E-state index contributed by atoms with van der Waals surface area (Å²) in [5, 5.41) is 12.0. The second-order valence-electron chi connectivity index (χ2n) is 29.7. The van der Waals surface area contributed by atoms with E-state index in [0.29, 0.717) is 0 Å². The van der Waals surface area contributed by atoms with E-state index in [0.717, 1.165) is 106 Å². The molecule has 17 rings (SSSR count). The molecule has 14 aromatic carbocycles. The molecule has 0 bridgehead atoms. The molecule has 2 heterocycles. The van der Waals surface area contributed by atoms with Gasteiger partial charge in [-0.1, -0.05) is 291 Å². The molecule has 0 radical (unpaired) electrons. The zero-order valence-electron chi connectivity index (χ0n) is 57.7. The van der Waals surface area contributed by atoms with Crippen LogP contribution < -0.4 is 30.5 Å². The molecule has 0 unspecified atom stereocenters. The Morgan fingerprint density at radius 3 is 1.20 bits per heavy atom.